The van der Waals surface area contributed by atoms with Crippen LogP contribution in [0.3, 0.4) is 0 Å². The van der Waals surface area contributed by atoms with Crippen molar-refractivity contribution >= 4 is 5.91 Å². The molecule has 3 N–H and O–H groups in total. The minimum atomic E-state index is -0.292. The van der Waals surface area contributed by atoms with E-state index >= 15 is 0 Å². The molecule has 2 heterocycles. The predicted octanol–water partition coefficient (Wildman–Crippen LogP) is 1.50. The van der Waals surface area contributed by atoms with Gasteiger partial charge >= 0.3 is 0 Å². The zero-order valence-electron chi connectivity index (χ0n) is 12.8. The van der Waals surface area contributed by atoms with E-state index in [2.05, 4.69) is 17.1 Å². The summed E-state index contributed by atoms with van der Waals surface area (Å²) in [5, 5.41) is 3.48. The Morgan fingerprint density at radius 3 is 2.55 bits per heavy atom. The van der Waals surface area contributed by atoms with Crippen LogP contribution in [0.15, 0.2) is 0 Å². The fraction of sp³-hybridized carbons (Fsp3) is 0.938. The highest BCUT2D eigenvalue weighted by molar-refractivity contribution is 5.80. The number of nitrogens with two attached hydrogens (primary N) is 1. The van der Waals surface area contributed by atoms with Crippen molar-refractivity contribution in [1.29, 1.82) is 0 Å². The number of piperidine rings is 1. The Kier molecular flexibility index (Phi) is 3.80. The highest BCUT2D eigenvalue weighted by Gasteiger charge is 2.43. The summed E-state index contributed by atoms with van der Waals surface area (Å²) in [5.74, 6) is 0.377. The standard InChI is InChI=1S/C16H29N3O/c1-15(17)5-3-2-4-13(15)14(20)19-10-7-16(8-11-19)6-9-18-12-16/h13,18H,2-12,17H2,1H3. The van der Waals surface area contributed by atoms with Gasteiger partial charge in [0.15, 0.2) is 0 Å². The van der Waals surface area contributed by atoms with E-state index in [0.29, 0.717) is 11.3 Å². The van der Waals surface area contributed by atoms with Gasteiger partial charge in [-0.2, -0.15) is 0 Å². The van der Waals surface area contributed by atoms with Gasteiger partial charge in [0, 0.05) is 25.2 Å². The smallest absolute Gasteiger partial charge is 0.227 e. The fourth-order valence-electron chi connectivity index (χ4n) is 4.41. The Labute approximate surface area is 122 Å². The molecule has 0 aromatic rings. The van der Waals surface area contributed by atoms with Crippen LogP contribution in [-0.4, -0.2) is 42.5 Å². The summed E-state index contributed by atoms with van der Waals surface area (Å²) in [6.07, 6.45) is 7.92. The molecule has 0 radical (unpaired) electrons. The van der Waals surface area contributed by atoms with E-state index in [1.54, 1.807) is 0 Å². The minimum absolute atomic E-state index is 0.0482. The maximum atomic E-state index is 12.8. The number of hydrogen-bond donors (Lipinski definition) is 2. The molecule has 2 unspecified atom stereocenters. The zero-order chi connectivity index (χ0) is 14.2. The first-order valence-corrected chi connectivity index (χ1v) is 8.31. The van der Waals surface area contributed by atoms with E-state index in [0.717, 1.165) is 45.4 Å². The second kappa shape index (κ2) is 5.30. The lowest BCUT2D eigenvalue weighted by atomic mass is 9.73. The van der Waals surface area contributed by atoms with Gasteiger partial charge in [0.05, 0.1) is 5.92 Å². The summed E-state index contributed by atoms with van der Waals surface area (Å²) in [6.45, 7) is 6.24. The third-order valence-electron chi connectivity index (χ3n) is 6.02. The van der Waals surface area contributed by atoms with Gasteiger partial charge in [-0.05, 0) is 51.0 Å². The van der Waals surface area contributed by atoms with Gasteiger partial charge in [0.25, 0.3) is 0 Å². The van der Waals surface area contributed by atoms with Crippen LogP contribution in [0, 0.1) is 11.3 Å². The molecule has 0 bridgehead atoms. The van der Waals surface area contributed by atoms with Crippen LogP contribution in [-0.2, 0) is 4.79 Å². The molecule has 1 amide bonds. The molecule has 0 aromatic heterocycles. The maximum absolute atomic E-state index is 12.8. The molecule has 3 aliphatic rings. The number of hydrogen-bond acceptors (Lipinski definition) is 3. The summed E-state index contributed by atoms with van der Waals surface area (Å²) >= 11 is 0. The number of likely N-dealkylation sites (tertiary alicyclic amines) is 1. The zero-order valence-corrected chi connectivity index (χ0v) is 12.8. The van der Waals surface area contributed by atoms with E-state index in [1.807, 2.05) is 0 Å². The van der Waals surface area contributed by atoms with E-state index in [1.165, 1.54) is 25.7 Å². The number of carbonyl (C=O) groups excluding carboxylic acids is 1. The van der Waals surface area contributed by atoms with Crippen LogP contribution in [0.1, 0.15) is 51.9 Å². The third kappa shape index (κ3) is 2.60. The maximum Gasteiger partial charge on any atom is 0.227 e. The average Bonchev–Trinajstić information content (AvgIpc) is 2.87. The molecule has 20 heavy (non-hydrogen) atoms. The van der Waals surface area contributed by atoms with Crippen molar-refractivity contribution in [2.24, 2.45) is 17.1 Å². The molecule has 2 aliphatic heterocycles. The topological polar surface area (TPSA) is 58.4 Å². The minimum Gasteiger partial charge on any atom is -0.342 e. The molecule has 3 fully saturated rings. The monoisotopic (exact) mass is 279 g/mol. The second-order valence-electron chi connectivity index (χ2n) is 7.56. The highest BCUT2D eigenvalue weighted by atomic mass is 16.2. The number of carbonyl (C=O) groups is 1. The Morgan fingerprint density at radius 1 is 1.20 bits per heavy atom. The van der Waals surface area contributed by atoms with Crippen molar-refractivity contribution in [1.82, 2.24) is 10.2 Å². The van der Waals surface area contributed by atoms with Crippen molar-refractivity contribution in [3.63, 3.8) is 0 Å². The van der Waals surface area contributed by atoms with Crippen LogP contribution in [0.2, 0.25) is 0 Å². The summed E-state index contributed by atoms with van der Waals surface area (Å²) in [7, 11) is 0. The van der Waals surface area contributed by atoms with E-state index in [-0.39, 0.29) is 11.5 Å². The predicted molar refractivity (Wildman–Crippen MR) is 80.3 cm³/mol. The van der Waals surface area contributed by atoms with E-state index in [4.69, 9.17) is 5.73 Å². The van der Waals surface area contributed by atoms with Gasteiger partial charge in [-0.15, -0.1) is 0 Å². The second-order valence-corrected chi connectivity index (χ2v) is 7.56. The van der Waals surface area contributed by atoms with Gasteiger partial charge in [-0.1, -0.05) is 12.8 Å². The lowest BCUT2D eigenvalue weighted by Crippen LogP contribution is -2.55. The number of amides is 1. The van der Waals surface area contributed by atoms with Gasteiger partial charge < -0.3 is 16.0 Å². The highest BCUT2D eigenvalue weighted by Crippen LogP contribution is 2.39. The SMILES string of the molecule is CC1(N)CCCCC1C(=O)N1CCC2(CCNC2)CC1. The molecule has 4 heteroatoms. The Balaban J connectivity index is 1.61. The van der Waals surface area contributed by atoms with Crippen LogP contribution >= 0.6 is 0 Å². The molecule has 3 rings (SSSR count). The van der Waals surface area contributed by atoms with Crippen molar-refractivity contribution in [3.8, 4) is 0 Å². The van der Waals surface area contributed by atoms with Crippen LogP contribution in [0.4, 0.5) is 0 Å². The van der Waals surface area contributed by atoms with Crippen molar-refractivity contribution in [2.45, 2.75) is 57.4 Å². The first-order chi connectivity index (χ1) is 9.53. The quantitative estimate of drug-likeness (QED) is 0.764. The van der Waals surface area contributed by atoms with Gasteiger partial charge in [0.2, 0.25) is 5.91 Å². The summed E-state index contributed by atoms with van der Waals surface area (Å²) in [4.78, 5) is 14.9. The third-order valence-corrected chi connectivity index (χ3v) is 6.02. The van der Waals surface area contributed by atoms with E-state index in [9.17, 15) is 4.79 Å². The lowest BCUT2D eigenvalue weighted by molar-refractivity contribution is -0.141. The molecule has 2 atom stereocenters. The molecular formula is C16H29N3O. The Morgan fingerprint density at radius 2 is 1.95 bits per heavy atom. The van der Waals surface area contributed by atoms with Crippen LogP contribution in [0.5, 0.6) is 0 Å². The number of rotatable bonds is 1. The van der Waals surface area contributed by atoms with Gasteiger partial charge in [-0.25, -0.2) is 0 Å². The molecule has 4 nitrogen and oxygen atoms in total. The largest absolute Gasteiger partial charge is 0.342 e. The lowest BCUT2D eigenvalue weighted by Gasteiger charge is -2.44. The molecule has 114 valence electrons. The first kappa shape index (κ1) is 14.3. The average molecular weight is 279 g/mol. The molecule has 1 saturated carbocycles. The van der Waals surface area contributed by atoms with Crippen molar-refractivity contribution in [2.75, 3.05) is 26.2 Å². The van der Waals surface area contributed by atoms with Gasteiger partial charge in [-0.3, -0.25) is 4.79 Å². The van der Waals surface area contributed by atoms with E-state index < -0.39 is 0 Å². The summed E-state index contributed by atoms with van der Waals surface area (Å²) in [6, 6.07) is 0. The summed E-state index contributed by atoms with van der Waals surface area (Å²) < 4.78 is 0. The number of nitrogens with one attached hydrogen (secondary N) is 1. The van der Waals surface area contributed by atoms with Crippen LogP contribution in [0.25, 0.3) is 0 Å². The molecular weight excluding hydrogens is 250 g/mol. The molecule has 1 aliphatic carbocycles. The molecule has 1 spiro atoms. The van der Waals surface area contributed by atoms with Crippen molar-refractivity contribution < 1.29 is 4.79 Å². The normalized spacial score (nSPS) is 37.3. The van der Waals surface area contributed by atoms with Crippen molar-refractivity contribution in [3.05, 3.63) is 0 Å². The number of nitrogens with zero attached hydrogens (tertiary/aromatic N) is 1. The molecule has 0 aromatic carbocycles. The first-order valence-electron chi connectivity index (χ1n) is 8.31. The fourth-order valence-corrected chi connectivity index (χ4v) is 4.41. The Bertz CT molecular complexity index is 364. The van der Waals surface area contributed by atoms with Gasteiger partial charge in [0.1, 0.15) is 0 Å². The Hall–Kier alpha value is -0.610. The summed E-state index contributed by atoms with van der Waals surface area (Å²) in [5.41, 5.74) is 6.58. The molecule has 2 saturated heterocycles. The van der Waals surface area contributed by atoms with Crippen LogP contribution < -0.4 is 11.1 Å².